The highest BCUT2D eigenvalue weighted by molar-refractivity contribution is 7.25. The van der Waals surface area contributed by atoms with Crippen molar-refractivity contribution in [3.05, 3.63) is 122 Å². The van der Waals surface area contributed by atoms with Crippen LogP contribution in [-0.2, 0) is 32.2 Å². The Labute approximate surface area is 228 Å². The SMILES string of the molecule is Cc1cnc(CCn2c(CCc3ccccc3)nc3sc4c(O)cc(Cc5ccccc5)cc4c3c2=O)s1. The average molecular weight is 538 g/mol. The van der Waals surface area contributed by atoms with Crippen LogP contribution in [0.5, 0.6) is 5.75 Å². The van der Waals surface area contributed by atoms with Crippen LogP contribution in [0.15, 0.2) is 83.8 Å². The summed E-state index contributed by atoms with van der Waals surface area (Å²) in [6.07, 6.45) is 4.69. The van der Waals surface area contributed by atoms with E-state index in [1.54, 1.807) is 11.3 Å². The molecule has 3 aromatic carbocycles. The van der Waals surface area contributed by atoms with E-state index in [-0.39, 0.29) is 11.3 Å². The highest BCUT2D eigenvalue weighted by atomic mass is 32.1. The van der Waals surface area contributed by atoms with E-state index >= 15 is 0 Å². The topological polar surface area (TPSA) is 68.0 Å². The highest BCUT2D eigenvalue weighted by Gasteiger charge is 2.19. The van der Waals surface area contributed by atoms with Gasteiger partial charge in [-0.25, -0.2) is 9.97 Å². The molecule has 0 aliphatic rings. The number of hydrogen-bond acceptors (Lipinski definition) is 6. The molecule has 0 aliphatic heterocycles. The fourth-order valence-corrected chi connectivity index (χ4v) is 6.78. The third kappa shape index (κ3) is 4.99. The molecule has 0 spiro atoms. The average Bonchev–Trinajstić information content (AvgIpc) is 3.51. The molecule has 0 saturated carbocycles. The van der Waals surface area contributed by atoms with Crippen LogP contribution in [0.25, 0.3) is 20.3 Å². The number of rotatable bonds is 8. The predicted molar refractivity (Wildman–Crippen MR) is 157 cm³/mol. The Hall–Kier alpha value is -3.81. The van der Waals surface area contributed by atoms with Crippen molar-refractivity contribution in [2.45, 2.75) is 39.2 Å². The van der Waals surface area contributed by atoms with Crippen molar-refractivity contribution < 1.29 is 5.11 Å². The lowest BCUT2D eigenvalue weighted by Gasteiger charge is -2.12. The number of nitrogens with zero attached hydrogens (tertiary/aromatic N) is 3. The van der Waals surface area contributed by atoms with E-state index in [0.717, 1.165) is 38.6 Å². The fraction of sp³-hybridized carbons (Fsp3) is 0.194. The molecular formula is C31H27N3O2S2. The summed E-state index contributed by atoms with van der Waals surface area (Å²) in [5.74, 6) is 0.974. The van der Waals surface area contributed by atoms with Gasteiger partial charge in [0.25, 0.3) is 5.56 Å². The van der Waals surface area contributed by atoms with Crippen LogP contribution in [0.4, 0.5) is 0 Å². The molecule has 0 amide bonds. The summed E-state index contributed by atoms with van der Waals surface area (Å²) in [7, 11) is 0. The van der Waals surface area contributed by atoms with Crippen LogP contribution in [0.1, 0.15) is 32.4 Å². The van der Waals surface area contributed by atoms with Crippen LogP contribution >= 0.6 is 22.7 Å². The van der Waals surface area contributed by atoms with Crippen LogP contribution in [-0.4, -0.2) is 19.6 Å². The number of aryl methyl sites for hydroxylation is 4. The molecule has 0 atom stereocenters. The number of benzene rings is 3. The Morgan fingerprint density at radius 3 is 2.32 bits per heavy atom. The number of aromatic nitrogens is 3. The molecule has 6 aromatic rings. The molecule has 5 nitrogen and oxygen atoms in total. The van der Waals surface area contributed by atoms with Crippen molar-refractivity contribution in [2.24, 2.45) is 0 Å². The lowest BCUT2D eigenvalue weighted by molar-refractivity contribution is 0.482. The number of aromatic hydroxyl groups is 1. The van der Waals surface area contributed by atoms with E-state index in [1.165, 1.54) is 16.9 Å². The molecule has 0 radical (unpaired) electrons. The number of phenols is 1. The van der Waals surface area contributed by atoms with Gasteiger partial charge >= 0.3 is 0 Å². The first-order valence-electron chi connectivity index (χ1n) is 12.7. The molecule has 0 bridgehead atoms. The predicted octanol–water partition coefficient (Wildman–Crippen LogP) is 6.70. The molecule has 0 unspecified atom stereocenters. The van der Waals surface area contributed by atoms with Gasteiger partial charge < -0.3 is 5.11 Å². The minimum Gasteiger partial charge on any atom is -0.506 e. The molecule has 6 rings (SSSR count). The van der Waals surface area contributed by atoms with Crippen molar-refractivity contribution in [1.29, 1.82) is 0 Å². The number of thiazole rings is 1. The third-order valence-electron chi connectivity index (χ3n) is 6.76. The van der Waals surface area contributed by atoms with Gasteiger partial charge in [0.2, 0.25) is 0 Å². The maximum atomic E-state index is 14.1. The van der Waals surface area contributed by atoms with Gasteiger partial charge in [0.1, 0.15) is 16.4 Å². The van der Waals surface area contributed by atoms with Gasteiger partial charge in [0.15, 0.2) is 0 Å². The molecule has 1 N–H and O–H groups in total. The van der Waals surface area contributed by atoms with E-state index in [9.17, 15) is 9.90 Å². The molecule has 190 valence electrons. The Morgan fingerprint density at radius 2 is 1.61 bits per heavy atom. The summed E-state index contributed by atoms with van der Waals surface area (Å²) in [6, 6.07) is 24.3. The zero-order valence-corrected chi connectivity index (χ0v) is 22.7. The molecule has 0 aliphatic carbocycles. The van der Waals surface area contributed by atoms with Gasteiger partial charge in [-0.2, -0.15) is 0 Å². The highest BCUT2D eigenvalue weighted by Crippen LogP contribution is 2.38. The first-order chi connectivity index (χ1) is 18.5. The van der Waals surface area contributed by atoms with Gasteiger partial charge in [-0.15, -0.1) is 22.7 Å². The van der Waals surface area contributed by atoms with Gasteiger partial charge in [-0.3, -0.25) is 9.36 Å². The minimum absolute atomic E-state index is 0.0474. The van der Waals surface area contributed by atoms with Crippen molar-refractivity contribution in [2.75, 3.05) is 0 Å². The second kappa shape index (κ2) is 10.5. The first kappa shape index (κ1) is 24.5. The number of phenolic OH excluding ortho intramolecular Hbond substituents is 1. The molecule has 0 saturated heterocycles. The Balaban J connectivity index is 1.44. The second-order valence-corrected chi connectivity index (χ2v) is 11.8. The van der Waals surface area contributed by atoms with Crippen molar-refractivity contribution in [3.8, 4) is 5.75 Å². The maximum Gasteiger partial charge on any atom is 0.262 e. The van der Waals surface area contributed by atoms with Gasteiger partial charge in [0.05, 0.1) is 15.1 Å². The standard InChI is InChI=1S/C31H27N3O2S2/c1-20-19-32-27(37-20)14-15-34-26(13-12-21-8-4-2-5-9-21)33-30-28(31(34)36)24-17-23(18-25(35)29(24)38-30)16-22-10-6-3-7-11-22/h2-11,17-19,35H,12-16H2,1H3. The monoisotopic (exact) mass is 537 g/mol. The van der Waals surface area contributed by atoms with E-state index in [4.69, 9.17) is 4.98 Å². The van der Waals surface area contributed by atoms with Crippen molar-refractivity contribution >= 4 is 43.0 Å². The molecular weight excluding hydrogens is 510 g/mol. The van der Waals surface area contributed by atoms with Crippen LogP contribution in [0.3, 0.4) is 0 Å². The zero-order chi connectivity index (χ0) is 26.1. The summed E-state index contributed by atoms with van der Waals surface area (Å²) in [5, 5.41) is 13.3. The van der Waals surface area contributed by atoms with Crippen LogP contribution < -0.4 is 5.56 Å². The Kier molecular flexibility index (Phi) is 6.79. The molecule has 3 heterocycles. The second-order valence-electron chi connectivity index (χ2n) is 9.52. The Bertz CT molecular complexity index is 1790. The molecule has 7 heteroatoms. The summed E-state index contributed by atoms with van der Waals surface area (Å²) in [5.41, 5.74) is 3.29. The molecule has 3 aromatic heterocycles. The largest absolute Gasteiger partial charge is 0.506 e. The maximum absolute atomic E-state index is 14.1. The van der Waals surface area contributed by atoms with Crippen LogP contribution in [0.2, 0.25) is 0 Å². The first-order valence-corrected chi connectivity index (χ1v) is 14.4. The van der Waals surface area contributed by atoms with Gasteiger partial charge in [-0.05, 0) is 48.6 Å². The third-order valence-corrected chi connectivity index (χ3v) is 8.86. The fourth-order valence-electron chi connectivity index (χ4n) is 4.92. The lowest BCUT2D eigenvalue weighted by Crippen LogP contribution is -2.26. The van der Waals surface area contributed by atoms with Gasteiger partial charge in [0, 0.05) is 35.8 Å². The van der Waals surface area contributed by atoms with Crippen molar-refractivity contribution in [3.63, 3.8) is 0 Å². The molecule has 0 fully saturated rings. The number of thiophene rings is 1. The van der Waals surface area contributed by atoms with E-state index in [2.05, 4.69) is 29.2 Å². The normalized spacial score (nSPS) is 11.5. The van der Waals surface area contributed by atoms with E-state index in [0.29, 0.717) is 40.7 Å². The zero-order valence-electron chi connectivity index (χ0n) is 21.1. The number of hydrogen-bond donors (Lipinski definition) is 1. The van der Waals surface area contributed by atoms with Gasteiger partial charge in [-0.1, -0.05) is 60.7 Å². The summed E-state index contributed by atoms with van der Waals surface area (Å²) >= 11 is 3.06. The summed E-state index contributed by atoms with van der Waals surface area (Å²) in [4.78, 5) is 25.4. The Morgan fingerprint density at radius 1 is 0.868 bits per heavy atom. The quantitative estimate of drug-likeness (QED) is 0.235. The van der Waals surface area contributed by atoms with Crippen molar-refractivity contribution in [1.82, 2.24) is 14.5 Å². The van der Waals surface area contributed by atoms with Crippen LogP contribution in [0, 0.1) is 6.92 Å². The lowest BCUT2D eigenvalue weighted by atomic mass is 10.0. The smallest absolute Gasteiger partial charge is 0.262 e. The number of fused-ring (bicyclic) bond motifs is 3. The van der Waals surface area contributed by atoms with E-state index in [1.807, 2.05) is 66.2 Å². The molecule has 38 heavy (non-hydrogen) atoms. The summed E-state index contributed by atoms with van der Waals surface area (Å²) in [6.45, 7) is 2.56. The summed E-state index contributed by atoms with van der Waals surface area (Å²) < 4.78 is 2.54. The minimum atomic E-state index is -0.0474. The van der Waals surface area contributed by atoms with E-state index < -0.39 is 0 Å².